The van der Waals surface area contributed by atoms with Gasteiger partial charge in [-0.1, -0.05) is 37.6 Å². The highest BCUT2D eigenvalue weighted by molar-refractivity contribution is 6.47. The van der Waals surface area contributed by atoms with Gasteiger partial charge in [0, 0.05) is 6.54 Å². The number of allylic oxidation sites excluding steroid dienone is 1. The van der Waals surface area contributed by atoms with Crippen LogP contribution in [0.15, 0.2) is 58.4 Å². The number of nitrogens with one attached hydrogen (secondary N) is 2. The maximum atomic E-state index is 8.10. The lowest BCUT2D eigenvalue weighted by atomic mass is 10.1. The summed E-state index contributed by atoms with van der Waals surface area (Å²) in [7, 11) is 0. The van der Waals surface area contributed by atoms with E-state index in [0.717, 1.165) is 42.8 Å². The highest BCUT2D eigenvalue weighted by Gasteiger charge is 2.22. The summed E-state index contributed by atoms with van der Waals surface area (Å²) in [4.78, 5) is 3.86. The molecule has 1 aromatic carbocycles. The Morgan fingerprint density at radius 2 is 2.12 bits per heavy atom. The number of anilines is 1. The van der Waals surface area contributed by atoms with Gasteiger partial charge in [-0.05, 0) is 31.6 Å². The second-order valence-electron chi connectivity index (χ2n) is 5.55. The van der Waals surface area contributed by atoms with E-state index in [2.05, 4.69) is 28.9 Å². The summed E-state index contributed by atoms with van der Waals surface area (Å²) in [5, 5.41) is 17.7. The molecule has 1 heterocycles. The van der Waals surface area contributed by atoms with Crippen LogP contribution >= 0.6 is 0 Å². The smallest absolute Gasteiger partial charge is 0.176 e. The number of aryl methyl sites for hydroxylation is 1. The standard InChI is InChI=1S/C18H24N6/c1-4-5-10-21-16-11-14(3)24(15-8-6-13(2)7-9-15)23-17(16)18(20)22-12-19/h6-9,11-12,21H,3-5,10H2,1-2H3,(H3,19,20,22). The first kappa shape index (κ1) is 17.5. The van der Waals surface area contributed by atoms with E-state index in [1.54, 1.807) is 5.01 Å². The van der Waals surface area contributed by atoms with Crippen molar-refractivity contribution in [1.29, 1.82) is 5.41 Å². The van der Waals surface area contributed by atoms with Crippen LogP contribution in [0.4, 0.5) is 5.69 Å². The van der Waals surface area contributed by atoms with E-state index in [1.807, 2.05) is 37.3 Å². The zero-order valence-corrected chi connectivity index (χ0v) is 14.2. The topological polar surface area (TPSA) is 89.9 Å². The van der Waals surface area contributed by atoms with Crippen molar-refractivity contribution in [2.75, 3.05) is 11.6 Å². The van der Waals surface area contributed by atoms with Gasteiger partial charge in [-0.2, -0.15) is 5.10 Å². The molecule has 1 aliphatic rings. The van der Waals surface area contributed by atoms with Crippen molar-refractivity contribution in [3.63, 3.8) is 0 Å². The van der Waals surface area contributed by atoms with E-state index in [1.165, 1.54) is 5.56 Å². The average Bonchev–Trinajstić information content (AvgIpc) is 2.56. The second kappa shape index (κ2) is 8.10. The molecule has 0 aromatic heterocycles. The average molecular weight is 324 g/mol. The fourth-order valence-corrected chi connectivity index (χ4v) is 2.27. The van der Waals surface area contributed by atoms with Crippen LogP contribution in [-0.2, 0) is 0 Å². The van der Waals surface area contributed by atoms with Gasteiger partial charge in [0.05, 0.1) is 23.4 Å². The van der Waals surface area contributed by atoms with Gasteiger partial charge < -0.3 is 11.1 Å². The van der Waals surface area contributed by atoms with Crippen LogP contribution in [0.2, 0.25) is 0 Å². The molecular weight excluding hydrogens is 300 g/mol. The molecule has 0 bridgehead atoms. The van der Waals surface area contributed by atoms with E-state index >= 15 is 0 Å². The van der Waals surface area contributed by atoms with E-state index in [0.29, 0.717) is 5.71 Å². The summed E-state index contributed by atoms with van der Waals surface area (Å²) in [5.74, 6) is 0.0114. The lowest BCUT2D eigenvalue weighted by molar-refractivity contribution is 0.721. The van der Waals surface area contributed by atoms with Gasteiger partial charge in [0.1, 0.15) is 0 Å². The van der Waals surface area contributed by atoms with Crippen LogP contribution in [0.5, 0.6) is 0 Å². The van der Waals surface area contributed by atoms with Crippen LogP contribution in [0.25, 0.3) is 0 Å². The van der Waals surface area contributed by atoms with Gasteiger partial charge in [-0.15, -0.1) is 0 Å². The molecule has 6 nitrogen and oxygen atoms in total. The van der Waals surface area contributed by atoms with Crippen LogP contribution < -0.4 is 16.1 Å². The Balaban J connectivity index is 2.34. The molecular formula is C18H24N6. The minimum atomic E-state index is 0.0114. The van der Waals surface area contributed by atoms with E-state index in [9.17, 15) is 0 Å². The largest absolute Gasteiger partial charge is 0.390 e. The molecule has 6 heteroatoms. The first-order valence-electron chi connectivity index (χ1n) is 8.00. The van der Waals surface area contributed by atoms with Crippen molar-refractivity contribution in [1.82, 2.24) is 5.32 Å². The van der Waals surface area contributed by atoms with E-state index in [-0.39, 0.29) is 5.84 Å². The van der Waals surface area contributed by atoms with Crippen molar-refractivity contribution in [3.8, 4) is 0 Å². The third-order valence-electron chi connectivity index (χ3n) is 3.59. The van der Waals surface area contributed by atoms with E-state index < -0.39 is 0 Å². The molecule has 2 rings (SSSR count). The summed E-state index contributed by atoms with van der Waals surface area (Å²) in [6.07, 6.45) is 5.11. The van der Waals surface area contributed by atoms with Crippen LogP contribution in [0, 0.1) is 12.3 Å². The van der Waals surface area contributed by atoms with Gasteiger partial charge in [0.15, 0.2) is 11.5 Å². The quantitative estimate of drug-likeness (QED) is 0.427. The molecule has 0 saturated carbocycles. The van der Waals surface area contributed by atoms with Crippen molar-refractivity contribution >= 4 is 23.6 Å². The van der Waals surface area contributed by atoms with Gasteiger partial charge in [-0.25, -0.2) is 10.0 Å². The summed E-state index contributed by atoms with van der Waals surface area (Å²) >= 11 is 0. The van der Waals surface area contributed by atoms with Gasteiger partial charge in [-0.3, -0.25) is 5.41 Å². The number of amidine groups is 1. The summed E-state index contributed by atoms with van der Waals surface area (Å²) in [6, 6.07) is 7.97. The number of nitrogens with zero attached hydrogens (tertiary/aromatic N) is 3. The van der Waals surface area contributed by atoms with Crippen molar-refractivity contribution < 1.29 is 0 Å². The molecule has 4 N–H and O–H groups in total. The number of unbranched alkanes of at least 4 members (excludes halogenated alkanes) is 1. The minimum absolute atomic E-state index is 0.0114. The molecule has 1 aliphatic heterocycles. The summed E-state index contributed by atoms with van der Waals surface area (Å²) < 4.78 is 0. The molecule has 0 fully saturated rings. The van der Waals surface area contributed by atoms with Gasteiger partial charge in [0.2, 0.25) is 0 Å². The highest BCUT2D eigenvalue weighted by Crippen LogP contribution is 2.24. The molecule has 126 valence electrons. The van der Waals surface area contributed by atoms with Gasteiger partial charge in [0.25, 0.3) is 0 Å². The number of aliphatic imine (C=N–C) groups is 1. The molecule has 0 unspecified atom stereocenters. The Hall–Kier alpha value is -2.89. The predicted molar refractivity (Wildman–Crippen MR) is 102 cm³/mol. The first-order chi connectivity index (χ1) is 11.6. The Labute approximate surface area is 143 Å². The number of benzene rings is 1. The fraction of sp³-hybridized carbons (Fsp3) is 0.278. The fourth-order valence-electron chi connectivity index (χ4n) is 2.27. The van der Waals surface area contributed by atoms with Crippen LogP contribution in [0.1, 0.15) is 25.3 Å². The zero-order valence-electron chi connectivity index (χ0n) is 14.2. The molecule has 0 saturated heterocycles. The maximum absolute atomic E-state index is 8.10. The predicted octanol–water partition coefficient (Wildman–Crippen LogP) is 2.92. The normalized spacial score (nSPS) is 14.6. The lowest BCUT2D eigenvalue weighted by Gasteiger charge is -2.27. The first-order valence-corrected chi connectivity index (χ1v) is 8.00. The molecule has 0 spiro atoms. The Morgan fingerprint density at radius 1 is 1.42 bits per heavy atom. The molecule has 0 amide bonds. The highest BCUT2D eigenvalue weighted by atomic mass is 15.5. The Bertz CT molecular complexity index is 697. The number of rotatable bonds is 6. The number of hydrogen-bond donors (Lipinski definition) is 3. The van der Waals surface area contributed by atoms with Crippen molar-refractivity contribution in [3.05, 3.63) is 53.9 Å². The van der Waals surface area contributed by atoms with Crippen LogP contribution in [-0.4, -0.2) is 24.4 Å². The maximum Gasteiger partial charge on any atom is 0.176 e. The number of nitrogens with two attached hydrogens (primary N) is 1. The minimum Gasteiger partial charge on any atom is -0.390 e. The molecule has 1 aromatic rings. The SMILES string of the molecule is C=C1C=C(NCCCC)C(C(=N)/N=C\N)=NN1c1ccc(C)cc1. The number of hydrazone groups is 1. The second-order valence-corrected chi connectivity index (χ2v) is 5.55. The molecule has 24 heavy (non-hydrogen) atoms. The Morgan fingerprint density at radius 3 is 2.75 bits per heavy atom. The monoisotopic (exact) mass is 324 g/mol. The Kier molecular flexibility index (Phi) is 5.89. The number of hydrogen-bond acceptors (Lipinski definition) is 4. The third-order valence-corrected chi connectivity index (χ3v) is 3.59. The van der Waals surface area contributed by atoms with E-state index in [4.69, 9.17) is 11.1 Å². The summed E-state index contributed by atoms with van der Waals surface area (Å²) in [5.41, 5.74) is 9.31. The lowest BCUT2D eigenvalue weighted by Crippen LogP contribution is -2.33. The van der Waals surface area contributed by atoms with Gasteiger partial charge >= 0.3 is 0 Å². The summed E-state index contributed by atoms with van der Waals surface area (Å²) in [6.45, 7) is 9.05. The molecule has 0 aliphatic carbocycles. The zero-order chi connectivity index (χ0) is 17.5. The van der Waals surface area contributed by atoms with Crippen molar-refractivity contribution in [2.24, 2.45) is 15.8 Å². The third kappa shape index (κ3) is 4.10. The molecule has 0 radical (unpaired) electrons. The van der Waals surface area contributed by atoms with Crippen LogP contribution in [0.3, 0.4) is 0 Å². The molecule has 0 atom stereocenters. The van der Waals surface area contributed by atoms with Crippen molar-refractivity contribution in [2.45, 2.75) is 26.7 Å².